The van der Waals surface area contributed by atoms with E-state index in [1.807, 2.05) is 12.1 Å². The quantitative estimate of drug-likeness (QED) is 0.565. The molecule has 118 valence electrons. The molecule has 0 unspecified atom stereocenters. The number of anilines is 1. The van der Waals surface area contributed by atoms with Gasteiger partial charge >= 0.3 is 0 Å². The lowest BCUT2D eigenvalue weighted by Crippen LogP contribution is -2.14. The van der Waals surface area contributed by atoms with Crippen molar-refractivity contribution in [1.82, 2.24) is 4.98 Å². The molecule has 0 radical (unpaired) electrons. The Hall–Kier alpha value is -2.87. The second-order valence-corrected chi connectivity index (χ2v) is 6.77. The zero-order valence-corrected chi connectivity index (χ0v) is 12.9. The number of nitro benzene ring substituents is 1. The highest BCUT2D eigenvalue weighted by molar-refractivity contribution is 7.92. The number of rotatable bonds is 4. The van der Waals surface area contributed by atoms with Gasteiger partial charge in [-0.15, -0.1) is 0 Å². The Morgan fingerprint density at radius 1 is 1.17 bits per heavy atom. The summed E-state index contributed by atoms with van der Waals surface area (Å²) in [5.74, 6) is 0. The summed E-state index contributed by atoms with van der Waals surface area (Å²) < 4.78 is 27.4. The van der Waals surface area contributed by atoms with Crippen LogP contribution in [0.4, 0.5) is 11.4 Å². The predicted octanol–water partition coefficient (Wildman–Crippen LogP) is 3.19. The highest BCUT2D eigenvalue weighted by atomic mass is 32.2. The number of hydrogen-bond acceptors (Lipinski definition) is 4. The molecule has 0 fully saturated rings. The second-order valence-electron chi connectivity index (χ2n) is 5.09. The first-order valence-electron chi connectivity index (χ1n) is 6.72. The first-order valence-corrected chi connectivity index (χ1v) is 8.20. The van der Waals surface area contributed by atoms with Gasteiger partial charge in [-0.2, -0.15) is 0 Å². The second kappa shape index (κ2) is 5.40. The van der Waals surface area contributed by atoms with Gasteiger partial charge in [-0.3, -0.25) is 14.8 Å². The molecular weight excluding hydrogens is 318 g/mol. The number of H-pyrrole nitrogens is 1. The maximum absolute atomic E-state index is 12.5. The van der Waals surface area contributed by atoms with Gasteiger partial charge in [0.1, 0.15) is 0 Å². The maximum Gasteiger partial charge on any atom is 0.270 e. The van der Waals surface area contributed by atoms with Gasteiger partial charge in [-0.1, -0.05) is 6.07 Å². The van der Waals surface area contributed by atoms with Crippen molar-refractivity contribution in [2.45, 2.75) is 11.8 Å². The van der Waals surface area contributed by atoms with Crippen LogP contribution in [0.3, 0.4) is 0 Å². The van der Waals surface area contributed by atoms with Crippen molar-refractivity contribution in [1.29, 1.82) is 0 Å². The van der Waals surface area contributed by atoms with Gasteiger partial charge in [-0.25, -0.2) is 8.42 Å². The molecule has 2 aromatic carbocycles. The third kappa shape index (κ3) is 2.88. The SMILES string of the molecule is Cc1cc2cc[nH]c2cc1NS(=O)(=O)c1cccc([N+](=O)[O-])c1. The van der Waals surface area contributed by atoms with Crippen molar-refractivity contribution in [2.75, 3.05) is 4.72 Å². The maximum atomic E-state index is 12.5. The number of aryl methyl sites for hydroxylation is 1. The molecule has 2 N–H and O–H groups in total. The van der Waals surface area contributed by atoms with Crippen LogP contribution < -0.4 is 4.72 Å². The first-order chi connectivity index (χ1) is 10.9. The van der Waals surface area contributed by atoms with Gasteiger partial charge in [-0.05, 0) is 42.1 Å². The van der Waals surface area contributed by atoms with E-state index in [1.54, 1.807) is 19.2 Å². The molecule has 0 saturated carbocycles. The third-order valence-corrected chi connectivity index (χ3v) is 4.84. The fraction of sp³-hybridized carbons (Fsp3) is 0.0667. The Bertz CT molecular complexity index is 1010. The number of fused-ring (bicyclic) bond motifs is 1. The van der Waals surface area contributed by atoms with Crippen molar-refractivity contribution < 1.29 is 13.3 Å². The number of nitro groups is 1. The van der Waals surface area contributed by atoms with Crippen LogP contribution in [0.5, 0.6) is 0 Å². The predicted molar refractivity (Wildman–Crippen MR) is 86.9 cm³/mol. The molecule has 0 aliphatic carbocycles. The standard InChI is InChI=1S/C15H13N3O4S/c1-10-7-11-5-6-16-15(11)9-14(10)17-23(21,22)13-4-2-3-12(8-13)18(19)20/h2-9,16-17H,1H3. The van der Waals surface area contributed by atoms with Gasteiger partial charge in [0.05, 0.1) is 15.5 Å². The summed E-state index contributed by atoms with van der Waals surface area (Å²) in [5, 5.41) is 11.8. The molecule has 0 atom stereocenters. The number of aromatic nitrogens is 1. The van der Waals surface area contributed by atoms with E-state index in [0.717, 1.165) is 22.5 Å². The van der Waals surface area contributed by atoms with Gasteiger partial charge < -0.3 is 4.98 Å². The molecule has 0 spiro atoms. The van der Waals surface area contributed by atoms with Crippen LogP contribution in [-0.2, 0) is 10.0 Å². The van der Waals surface area contributed by atoms with Crippen molar-refractivity contribution in [3.05, 3.63) is 64.3 Å². The highest BCUT2D eigenvalue weighted by Crippen LogP contribution is 2.26. The zero-order chi connectivity index (χ0) is 16.6. The van der Waals surface area contributed by atoms with Crippen LogP contribution >= 0.6 is 0 Å². The smallest absolute Gasteiger partial charge is 0.270 e. The van der Waals surface area contributed by atoms with Crippen molar-refractivity contribution >= 4 is 32.3 Å². The molecule has 7 nitrogen and oxygen atoms in total. The zero-order valence-electron chi connectivity index (χ0n) is 12.1. The molecule has 1 heterocycles. The molecule has 3 aromatic rings. The fourth-order valence-corrected chi connectivity index (χ4v) is 3.45. The van der Waals surface area contributed by atoms with Gasteiger partial charge in [0.2, 0.25) is 0 Å². The number of benzene rings is 2. The van der Waals surface area contributed by atoms with Crippen LogP contribution in [-0.4, -0.2) is 18.3 Å². The van der Waals surface area contributed by atoms with Crippen LogP contribution in [0.2, 0.25) is 0 Å². The van der Waals surface area contributed by atoms with Crippen molar-refractivity contribution in [3.63, 3.8) is 0 Å². The normalized spacial score (nSPS) is 11.5. The first kappa shape index (κ1) is 15.0. The molecular formula is C15H13N3O4S. The lowest BCUT2D eigenvalue weighted by molar-refractivity contribution is -0.385. The largest absolute Gasteiger partial charge is 0.361 e. The summed E-state index contributed by atoms with van der Waals surface area (Å²) in [5.41, 5.74) is 1.70. The number of non-ortho nitro benzene ring substituents is 1. The summed E-state index contributed by atoms with van der Waals surface area (Å²) in [6.45, 7) is 1.79. The lowest BCUT2D eigenvalue weighted by atomic mass is 10.1. The summed E-state index contributed by atoms with van der Waals surface area (Å²) in [6.07, 6.45) is 1.77. The minimum Gasteiger partial charge on any atom is -0.361 e. The van der Waals surface area contributed by atoms with Gasteiger partial charge in [0, 0.05) is 23.8 Å². The average Bonchev–Trinajstić information content (AvgIpc) is 2.94. The Morgan fingerprint density at radius 2 is 1.96 bits per heavy atom. The number of sulfonamides is 1. The summed E-state index contributed by atoms with van der Waals surface area (Å²) in [6, 6.07) is 10.4. The van der Waals surface area contributed by atoms with E-state index < -0.39 is 14.9 Å². The van der Waals surface area contributed by atoms with E-state index in [1.165, 1.54) is 18.2 Å². The van der Waals surface area contributed by atoms with Crippen LogP contribution in [0.15, 0.2) is 53.6 Å². The fourth-order valence-electron chi connectivity index (χ4n) is 2.29. The average molecular weight is 331 g/mol. The Balaban J connectivity index is 2.01. The highest BCUT2D eigenvalue weighted by Gasteiger charge is 2.18. The number of hydrogen-bond donors (Lipinski definition) is 2. The molecule has 1 aromatic heterocycles. The van der Waals surface area contributed by atoms with Gasteiger partial charge in [0.25, 0.3) is 15.7 Å². The Morgan fingerprint density at radius 3 is 2.70 bits per heavy atom. The summed E-state index contributed by atoms with van der Waals surface area (Å²) in [7, 11) is -3.91. The van der Waals surface area contributed by atoms with Crippen molar-refractivity contribution in [3.8, 4) is 0 Å². The summed E-state index contributed by atoms with van der Waals surface area (Å²) >= 11 is 0. The van der Waals surface area contributed by atoms with Crippen LogP contribution in [0.1, 0.15) is 5.56 Å². The Labute approximate surface area is 132 Å². The van der Waals surface area contributed by atoms with E-state index in [-0.39, 0.29) is 10.6 Å². The van der Waals surface area contributed by atoms with E-state index in [2.05, 4.69) is 9.71 Å². The van der Waals surface area contributed by atoms with Crippen LogP contribution in [0.25, 0.3) is 10.9 Å². The molecule has 0 saturated heterocycles. The molecule has 0 amide bonds. The minimum atomic E-state index is -3.91. The molecule has 0 aliphatic heterocycles. The molecule has 0 bridgehead atoms. The van der Waals surface area contributed by atoms with E-state index in [9.17, 15) is 18.5 Å². The number of aromatic amines is 1. The Kier molecular flexibility index (Phi) is 3.53. The number of nitrogens with one attached hydrogen (secondary N) is 2. The lowest BCUT2D eigenvalue weighted by Gasteiger charge is -2.11. The minimum absolute atomic E-state index is 0.155. The molecule has 8 heteroatoms. The topological polar surface area (TPSA) is 105 Å². The van der Waals surface area contributed by atoms with Crippen molar-refractivity contribution in [2.24, 2.45) is 0 Å². The monoisotopic (exact) mass is 331 g/mol. The van der Waals surface area contributed by atoms with Crippen LogP contribution in [0, 0.1) is 17.0 Å². The molecule has 3 rings (SSSR count). The summed E-state index contributed by atoms with van der Waals surface area (Å²) in [4.78, 5) is 13.0. The third-order valence-electron chi connectivity index (χ3n) is 3.48. The van der Waals surface area contributed by atoms with Gasteiger partial charge in [0.15, 0.2) is 0 Å². The molecule has 0 aliphatic rings. The van der Waals surface area contributed by atoms with E-state index >= 15 is 0 Å². The molecule has 23 heavy (non-hydrogen) atoms. The van der Waals surface area contributed by atoms with E-state index in [0.29, 0.717) is 5.69 Å². The van der Waals surface area contributed by atoms with E-state index in [4.69, 9.17) is 0 Å². The number of nitrogens with zero attached hydrogens (tertiary/aromatic N) is 1.